The van der Waals surface area contributed by atoms with Crippen molar-refractivity contribution in [3.8, 4) is 0 Å². The van der Waals surface area contributed by atoms with Gasteiger partial charge in [0.2, 0.25) is 5.91 Å². The van der Waals surface area contributed by atoms with Crippen LogP contribution < -0.4 is 5.32 Å². The molecule has 1 amide bonds. The van der Waals surface area contributed by atoms with Gasteiger partial charge in [-0.1, -0.05) is 75.0 Å². The number of nitrogens with one attached hydrogen (secondary N) is 1. The van der Waals surface area contributed by atoms with Gasteiger partial charge in [0.1, 0.15) is 35.8 Å². The molecular formula is C28H41IN2O7S. The van der Waals surface area contributed by atoms with Gasteiger partial charge in [-0.05, 0) is 25.0 Å². The summed E-state index contributed by atoms with van der Waals surface area (Å²) in [6, 6.07) is 2.93. The van der Waals surface area contributed by atoms with Gasteiger partial charge in [0, 0.05) is 15.8 Å². The molecule has 2 aliphatic heterocycles. The van der Waals surface area contributed by atoms with Crippen molar-refractivity contribution >= 4 is 52.5 Å². The van der Waals surface area contributed by atoms with Crippen LogP contribution in [0.25, 0.3) is 0 Å². The van der Waals surface area contributed by atoms with Crippen LogP contribution in [-0.4, -0.2) is 70.4 Å². The summed E-state index contributed by atoms with van der Waals surface area (Å²) in [5, 5.41) is 2.75. The van der Waals surface area contributed by atoms with Crippen LogP contribution in [0.5, 0.6) is 0 Å². The normalized spacial score (nSPS) is 19.8. The number of furan rings is 1. The van der Waals surface area contributed by atoms with Crippen molar-refractivity contribution in [3.63, 3.8) is 0 Å². The highest BCUT2D eigenvalue weighted by molar-refractivity contribution is 14.1. The number of hydrogen-bond acceptors (Lipinski definition) is 9. The van der Waals surface area contributed by atoms with Crippen LogP contribution in [0.15, 0.2) is 34.1 Å². The second-order valence-electron chi connectivity index (χ2n) is 9.64. The van der Waals surface area contributed by atoms with Gasteiger partial charge in [-0.3, -0.25) is 14.5 Å². The molecule has 1 N–H and O–H groups in total. The van der Waals surface area contributed by atoms with Crippen LogP contribution in [0, 0.1) is 0 Å². The third-order valence-corrected chi connectivity index (χ3v) is 8.46. The first-order valence-corrected chi connectivity index (χ1v) is 16.5. The Morgan fingerprint density at radius 1 is 1.13 bits per heavy atom. The summed E-state index contributed by atoms with van der Waals surface area (Å²) >= 11 is 3.61. The van der Waals surface area contributed by atoms with Crippen molar-refractivity contribution < 1.29 is 33.0 Å². The summed E-state index contributed by atoms with van der Waals surface area (Å²) in [5.41, 5.74) is 0.501. The van der Waals surface area contributed by atoms with Crippen molar-refractivity contribution in [3.05, 3.63) is 35.4 Å². The largest absolute Gasteiger partial charge is 0.469 e. The van der Waals surface area contributed by atoms with E-state index in [1.54, 1.807) is 17.0 Å². The second-order valence-corrected chi connectivity index (χ2v) is 11.8. The number of halogens is 1. The third-order valence-electron chi connectivity index (χ3n) is 6.71. The molecule has 1 fully saturated rings. The molecule has 0 bridgehead atoms. The highest BCUT2D eigenvalue weighted by Crippen LogP contribution is 2.51. The average molecular weight is 677 g/mol. The van der Waals surface area contributed by atoms with Gasteiger partial charge in [0.05, 0.1) is 25.9 Å². The van der Waals surface area contributed by atoms with E-state index in [1.807, 2.05) is 0 Å². The fraction of sp³-hybridized carbons (Fsp3) is 0.679. The summed E-state index contributed by atoms with van der Waals surface area (Å²) in [4.78, 5) is 40.2. The first-order chi connectivity index (χ1) is 19.0. The monoisotopic (exact) mass is 676 g/mol. The molecule has 39 heavy (non-hydrogen) atoms. The number of carbonyl (C=O) groups is 3. The summed E-state index contributed by atoms with van der Waals surface area (Å²) < 4.78 is 24.5. The Morgan fingerprint density at radius 3 is 2.38 bits per heavy atom. The zero-order valence-electron chi connectivity index (χ0n) is 23.0. The summed E-state index contributed by atoms with van der Waals surface area (Å²) in [7, 11) is 0. The van der Waals surface area contributed by atoms with Crippen LogP contribution in [0.2, 0.25) is 0 Å². The number of aldehydes is 1. The lowest BCUT2D eigenvalue weighted by molar-refractivity contribution is -0.375. The molecule has 2 atom stereocenters. The Balaban J connectivity index is 1.92. The van der Waals surface area contributed by atoms with Crippen LogP contribution >= 0.6 is 34.4 Å². The van der Waals surface area contributed by atoms with E-state index in [9.17, 15) is 14.4 Å². The van der Waals surface area contributed by atoms with Crippen molar-refractivity contribution in [1.82, 2.24) is 10.2 Å². The topological polar surface area (TPSA) is 107 Å². The predicted molar refractivity (Wildman–Crippen MR) is 158 cm³/mol. The molecule has 1 saturated heterocycles. The number of thioether (sulfide) groups is 1. The van der Waals surface area contributed by atoms with Gasteiger partial charge in [-0.15, -0.1) is 11.8 Å². The highest BCUT2D eigenvalue weighted by atomic mass is 127. The number of amides is 1. The Kier molecular flexibility index (Phi) is 13.6. The number of esters is 1. The minimum Gasteiger partial charge on any atom is -0.469 e. The lowest BCUT2D eigenvalue weighted by Gasteiger charge is -2.63. The zero-order valence-corrected chi connectivity index (χ0v) is 25.9. The minimum atomic E-state index is -1.43. The standard InChI is InChI=1S/C28H41IN2O7S/c1-3-5-7-9-15-37-28(38-16-10-8-6-4-2)25(30-23(33)18-22-12-11-14-35-22)26-31(28)24(21(19-32)20-39-26)27(34)36-17-13-29/h11-12,14,19,25-26H,3-10,13,15-18,20H2,1-2H3,(H,30,33)/t25?,26-/m0/s1. The molecule has 0 aromatic carbocycles. The Hall–Kier alpha value is -1.57. The Labute approximate surface area is 249 Å². The molecule has 3 rings (SSSR count). The molecule has 0 saturated carbocycles. The number of alkyl halides is 1. The average Bonchev–Trinajstić information content (AvgIpc) is 3.45. The van der Waals surface area contributed by atoms with E-state index in [0.717, 1.165) is 51.4 Å². The van der Waals surface area contributed by atoms with E-state index in [0.29, 0.717) is 41.0 Å². The number of fused-ring (bicyclic) bond motifs is 1. The number of carbonyl (C=O) groups excluding carboxylic acids is 3. The van der Waals surface area contributed by atoms with Crippen LogP contribution in [-0.2, 0) is 35.0 Å². The quantitative estimate of drug-likeness (QED) is 0.0543. The molecule has 2 aliphatic rings. The third kappa shape index (κ3) is 8.23. The van der Waals surface area contributed by atoms with E-state index in [4.69, 9.17) is 18.6 Å². The second kappa shape index (κ2) is 16.6. The predicted octanol–water partition coefficient (Wildman–Crippen LogP) is 4.97. The van der Waals surface area contributed by atoms with Gasteiger partial charge in [-0.2, -0.15) is 0 Å². The number of unbranched alkanes of at least 4 members (excludes halogenated alkanes) is 6. The number of hydrogen-bond donors (Lipinski definition) is 1. The maximum Gasteiger partial charge on any atom is 0.355 e. The summed E-state index contributed by atoms with van der Waals surface area (Å²) in [5.74, 6) is -1.36. The van der Waals surface area contributed by atoms with Gasteiger partial charge in [-0.25, -0.2) is 4.79 Å². The molecule has 0 radical (unpaired) electrons. The SMILES string of the molecule is CCCCCCOC1(OCCCCCC)C(NC(=O)Cc2ccco2)[C@@H]2SCC(C=O)=C(C(=O)OCCI)N21. The molecule has 0 aliphatic carbocycles. The molecular weight excluding hydrogens is 635 g/mol. The molecule has 0 spiro atoms. The lowest BCUT2D eigenvalue weighted by atomic mass is 9.97. The van der Waals surface area contributed by atoms with Crippen LogP contribution in [0.4, 0.5) is 0 Å². The maximum absolute atomic E-state index is 13.3. The number of ether oxygens (including phenoxy) is 3. The van der Waals surface area contributed by atoms with Crippen molar-refractivity contribution in [2.24, 2.45) is 0 Å². The fourth-order valence-corrected chi connectivity index (χ4v) is 6.37. The summed E-state index contributed by atoms with van der Waals surface area (Å²) in [6.45, 7) is 5.30. The number of rotatable bonds is 19. The molecule has 218 valence electrons. The Morgan fingerprint density at radius 2 is 1.82 bits per heavy atom. The van der Waals surface area contributed by atoms with Crippen molar-refractivity contribution in [2.75, 3.05) is 30.0 Å². The first-order valence-electron chi connectivity index (χ1n) is 13.9. The lowest BCUT2D eigenvalue weighted by Crippen LogP contribution is -2.83. The highest BCUT2D eigenvalue weighted by Gasteiger charge is 2.67. The fourth-order valence-electron chi connectivity index (χ4n) is 4.76. The zero-order chi connectivity index (χ0) is 28.1. The van der Waals surface area contributed by atoms with Gasteiger partial charge in [0.25, 0.3) is 5.91 Å². The van der Waals surface area contributed by atoms with Crippen LogP contribution in [0.3, 0.4) is 0 Å². The van der Waals surface area contributed by atoms with Gasteiger partial charge in [0.15, 0.2) is 0 Å². The minimum absolute atomic E-state index is 0.0734. The first kappa shape index (κ1) is 32.0. The molecule has 3 heterocycles. The smallest absolute Gasteiger partial charge is 0.355 e. The molecule has 1 aromatic rings. The maximum atomic E-state index is 13.3. The molecule has 1 unspecified atom stereocenters. The van der Waals surface area contributed by atoms with Gasteiger partial charge < -0.3 is 23.9 Å². The Bertz CT molecular complexity index is 942. The molecule has 9 nitrogen and oxygen atoms in total. The molecule has 11 heteroatoms. The summed E-state index contributed by atoms with van der Waals surface area (Å²) in [6.07, 6.45) is 10.3. The van der Waals surface area contributed by atoms with E-state index in [-0.39, 0.29) is 30.0 Å². The van der Waals surface area contributed by atoms with Crippen molar-refractivity contribution in [2.45, 2.75) is 89.0 Å². The number of nitrogens with zero attached hydrogens (tertiary/aromatic N) is 1. The van der Waals surface area contributed by atoms with E-state index >= 15 is 0 Å². The van der Waals surface area contributed by atoms with E-state index < -0.39 is 17.9 Å². The van der Waals surface area contributed by atoms with E-state index in [1.165, 1.54) is 18.0 Å². The van der Waals surface area contributed by atoms with Gasteiger partial charge >= 0.3 is 5.97 Å². The molecule has 1 aromatic heterocycles. The van der Waals surface area contributed by atoms with Crippen molar-refractivity contribution in [1.29, 1.82) is 0 Å². The van der Waals surface area contributed by atoms with E-state index in [2.05, 4.69) is 41.8 Å². The van der Waals surface area contributed by atoms with Crippen LogP contribution in [0.1, 0.15) is 71.0 Å².